The fourth-order valence-electron chi connectivity index (χ4n) is 1.95. The molecule has 0 saturated heterocycles. The van der Waals surface area contributed by atoms with Gasteiger partial charge in [-0.15, -0.1) is 0 Å². The molecule has 0 aromatic heterocycles. The summed E-state index contributed by atoms with van der Waals surface area (Å²) < 4.78 is 5.95. The van der Waals surface area contributed by atoms with Crippen LogP contribution in [0.2, 0.25) is 0 Å². The van der Waals surface area contributed by atoms with Gasteiger partial charge in [-0.05, 0) is 24.3 Å². The van der Waals surface area contributed by atoms with Crippen LogP contribution in [0.3, 0.4) is 0 Å². The van der Waals surface area contributed by atoms with Crippen molar-refractivity contribution in [3.8, 4) is 0 Å². The van der Waals surface area contributed by atoms with Crippen molar-refractivity contribution >= 4 is 0 Å². The van der Waals surface area contributed by atoms with Crippen LogP contribution < -0.4 is 0 Å². The van der Waals surface area contributed by atoms with Crippen molar-refractivity contribution in [2.24, 2.45) is 11.8 Å². The lowest BCUT2D eigenvalue weighted by atomic mass is 9.86. The highest BCUT2D eigenvalue weighted by atomic mass is 16.5. The zero-order chi connectivity index (χ0) is 12.1. The maximum Gasteiger partial charge on any atom is 0.121 e. The van der Waals surface area contributed by atoms with E-state index in [0.717, 1.165) is 18.6 Å². The molecule has 1 rings (SSSR count). The van der Waals surface area contributed by atoms with Crippen LogP contribution in [0.4, 0.5) is 0 Å². The Morgan fingerprint density at radius 2 is 2.06 bits per heavy atom. The first kappa shape index (κ1) is 13.3. The van der Waals surface area contributed by atoms with E-state index in [4.69, 9.17) is 4.74 Å². The monoisotopic (exact) mass is 224 g/mol. The van der Waals surface area contributed by atoms with Crippen molar-refractivity contribution in [1.82, 2.24) is 0 Å². The average molecular weight is 224 g/mol. The summed E-state index contributed by atoms with van der Waals surface area (Å²) in [6.45, 7) is 8.69. The maximum atomic E-state index is 9.20. The van der Waals surface area contributed by atoms with Crippen LogP contribution in [0.15, 0.2) is 23.5 Å². The summed E-state index contributed by atoms with van der Waals surface area (Å²) in [7, 11) is 0. The number of ether oxygens (including phenoxy) is 1. The number of aliphatic hydroxyl groups excluding tert-OH is 1. The summed E-state index contributed by atoms with van der Waals surface area (Å²) in [6, 6.07) is 0. The normalized spacial score (nSPS) is 27.1. The second kappa shape index (κ2) is 6.09. The molecule has 0 heterocycles. The lowest BCUT2D eigenvalue weighted by Crippen LogP contribution is -2.23. The van der Waals surface area contributed by atoms with Gasteiger partial charge < -0.3 is 9.84 Å². The van der Waals surface area contributed by atoms with Gasteiger partial charge in [-0.1, -0.05) is 39.8 Å². The SMILES string of the molecule is CCC1=C(OC(CC)CO)C(C)C(C)C=C1. The molecular formula is C14H24O2. The fraction of sp³-hybridized carbons (Fsp3) is 0.714. The van der Waals surface area contributed by atoms with Crippen LogP contribution in [-0.4, -0.2) is 17.8 Å². The third-order valence-corrected chi connectivity index (χ3v) is 3.45. The van der Waals surface area contributed by atoms with E-state index in [0.29, 0.717) is 11.8 Å². The van der Waals surface area contributed by atoms with Gasteiger partial charge in [0.15, 0.2) is 0 Å². The minimum absolute atomic E-state index is 0.0577. The van der Waals surface area contributed by atoms with E-state index in [1.165, 1.54) is 5.57 Å². The van der Waals surface area contributed by atoms with Gasteiger partial charge in [0.1, 0.15) is 11.9 Å². The van der Waals surface area contributed by atoms with E-state index in [1.54, 1.807) is 0 Å². The zero-order valence-corrected chi connectivity index (χ0v) is 10.9. The Morgan fingerprint density at radius 1 is 1.38 bits per heavy atom. The molecule has 3 atom stereocenters. The molecule has 0 bridgehead atoms. The summed E-state index contributed by atoms with van der Waals surface area (Å²) in [5.41, 5.74) is 1.28. The summed E-state index contributed by atoms with van der Waals surface area (Å²) in [6.07, 6.45) is 6.20. The van der Waals surface area contributed by atoms with Crippen LogP contribution in [0.1, 0.15) is 40.5 Å². The Kier molecular flexibility index (Phi) is 5.07. The summed E-state index contributed by atoms with van der Waals surface area (Å²) >= 11 is 0. The molecule has 2 heteroatoms. The van der Waals surface area contributed by atoms with E-state index in [2.05, 4.69) is 32.9 Å². The molecule has 0 radical (unpaired) electrons. The van der Waals surface area contributed by atoms with Gasteiger partial charge in [-0.25, -0.2) is 0 Å². The third kappa shape index (κ3) is 2.88. The predicted octanol–water partition coefficient (Wildman–Crippen LogP) is 3.28. The van der Waals surface area contributed by atoms with E-state index < -0.39 is 0 Å². The smallest absolute Gasteiger partial charge is 0.121 e. The van der Waals surface area contributed by atoms with Gasteiger partial charge in [0.2, 0.25) is 0 Å². The molecule has 3 unspecified atom stereocenters. The summed E-state index contributed by atoms with van der Waals surface area (Å²) in [5.74, 6) is 2.01. The number of hydrogen-bond donors (Lipinski definition) is 1. The van der Waals surface area contributed by atoms with Crippen LogP contribution in [-0.2, 0) is 4.74 Å². The van der Waals surface area contributed by atoms with Crippen molar-refractivity contribution < 1.29 is 9.84 Å². The Hall–Kier alpha value is -0.760. The Balaban J connectivity index is 2.86. The molecule has 16 heavy (non-hydrogen) atoms. The van der Waals surface area contributed by atoms with E-state index in [1.807, 2.05) is 6.92 Å². The van der Waals surface area contributed by atoms with Crippen molar-refractivity contribution in [1.29, 1.82) is 0 Å². The molecule has 1 aliphatic rings. The molecular weight excluding hydrogens is 200 g/mol. The minimum atomic E-state index is -0.0577. The third-order valence-electron chi connectivity index (χ3n) is 3.45. The molecule has 1 aliphatic carbocycles. The standard InChI is InChI=1S/C14H24O2/c1-5-12-8-7-10(3)11(4)14(12)16-13(6-2)9-15/h7-8,10-11,13,15H,5-6,9H2,1-4H3. The van der Waals surface area contributed by atoms with E-state index >= 15 is 0 Å². The first-order chi connectivity index (χ1) is 7.63. The molecule has 2 nitrogen and oxygen atoms in total. The molecule has 0 aromatic rings. The molecule has 0 aliphatic heterocycles. The number of rotatable bonds is 5. The first-order valence-corrected chi connectivity index (χ1v) is 6.32. The van der Waals surface area contributed by atoms with Gasteiger partial charge in [0.05, 0.1) is 6.61 Å². The maximum absolute atomic E-state index is 9.20. The molecule has 1 N–H and O–H groups in total. The molecule has 92 valence electrons. The van der Waals surface area contributed by atoms with E-state index in [-0.39, 0.29) is 12.7 Å². The average Bonchev–Trinajstić information content (AvgIpc) is 2.31. The van der Waals surface area contributed by atoms with Gasteiger partial charge in [0, 0.05) is 5.92 Å². The van der Waals surface area contributed by atoms with Crippen molar-refractivity contribution in [2.75, 3.05) is 6.61 Å². The highest BCUT2D eigenvalue weighted by Crippen LogP contribution is 2.32. The zero-order valence-electron chi connectivity index (χ0n) is 10.9. The summed E-state index contributed by atoms with van der Waals surface area (Å²) in [5, 5.41) is 9.20. The second-order valence-electron chi connectivity index (χ2n) is 4.58. The largest absolute Gasteiger partial charge is 0.492 e. The topological polar surface area (TPSA) is 29.5 Å². The predicted molar refractivity (Wildman–Crippen MR) is 67.0 cm³/mol. The fourth-order valence-corrected chi connectivity index (χ4v) is 1.95. The number of aliphatic hydroxyl groups is 1. The molecule has 0 amide bonds. The molecule has 0 spiro atoms. The second-order valence-corrected chi connectivity index (χ2v) is 4.58. The highest BCUT2D eigenvalue weighted by molar-refractivity contribution is 5.29. The van der Waals surface area contributed by atoms with E-state index in [9.17, 15) is 5.11 Å². The van der Waals surface area contributed by atoms with Crippen LogP contribution in [0.5, 0.6) is 0 Å². The lowest BCUT2D eigenvalue weighted by molar-refractivity contribution is 0.0371. The number of allylic oxidation sites excluding steroid dienone is 4. The number of hydrogen-bond acceptors (Lipinski definition) is 2. The quantitative estimate of drug-likeness (QED) is 0.776. The van der Waals surface area contributed by atoms with Gasteiger partial charge in [-0.2, -0.15) is 0 Å². The molecule has 0 saturated carbocycles. The van der Waals surface area contributed by atoms with Crippen LogP contribution in [0.25, 0.3) is 0 Å². The lowest BCUT2D eigenvalue weighted by Gasteiger charge is -2.29. The van der Waals surface area contributed by atoms with Crippen molar-refractivity contribution in [2.45, 2.75) is 46.6 Å². The Labute approximate surface area is 99.0 Å². The summed E-state index contributed by atoms with van der Waals surface area (Å²) in [4.78, 5) is 0. The van der Waals surface area contributed by atoms with Gasteiger partial charge >= 0.3 is 0 Å². The Bertz CT molecular complexity index is 274. The van der Waals surface area contributed by atoms with Crippen molar-refractivity contribution in [3.05, 3.63) is 23.5 Å². The van der Waals surface area contributed by atoms with Gasteiger partial charge in [-0.3, -0.25) is 0 Å². The minimum Gasteiger partial charge on any atom is -0.492 e. The first-order valence-electron chi connectivity index (χ1n) is 6.32. The molecule has 0 aromatic carbocycles. The Morgan fingerprint density at radius 3 is 2.56 bits per heavy atom. The van der Waals surface area contributed by atoms with Gasteiger partial charge in [0.25, 0.3) is 0 Å². The highest BCUT2D eigenvalue weighted by Gasteiger charge is 2.24. The van der Waals surface area contributed by atoms with Crippen LogP contribution in [0, 0.1) is 11.8 Å². The van der Waals surface area contributed by atoms with Crippen molar-refractivity contribution in [3.63, 3.8) is 0 Å². The van der Waals surface area contributed by atoms with Crippen LogP contribution >= 0.6 is 0 Å². The molecule has 0 fully saturated rings.